The second-order valence-electron chi connectivity index (χ2n) is 9.37. The number of benzene rings is 1. The monoisotopic (exact) mass is 460 g/mol. The van der Waals surface area contributed by atoms with Crippen LogP contribution >= 0.6 is 12.2 Å². The number of aryl methyl sites for hydroxylation is 3. The lowest BCUT2D eigenvalue weighted by molar-refractivity contribution is 0.0842. The number of hydrogen-bond donors (Lipinski definition) is 1. The van der Waals surface area contributed by atoms with Crippen LogP contribution in [-0.2, 0) is 4.74 Å². The molecule has 33 heavy (non-hydrogen) atoms. The van der Waals surface area contributed by atoms with Crippen LogP contribution in [0.5, 0.6) is 0 Å². The van der Waals surface area contributed by atoms with Crippen molar-refractivity contribution in [1.29, 1.82) is 0 Å². The first-order valence-electron chi connectivity index (χ1n) is 11.8. The van der Waals surface area contributed by atoms with Crippen LogP contribution in [0.1, 0.15) is 58.7 Å². The van der Waals surface area contributed by atoms with Gasteiger partial charge in [0.2, 0.25) is 0 Å². The van der Waals surface area contributed by atoms with Gasteiger partial charge in [-0.3, -0.25) is 4.98 Å². The van der Waals surface area contributed by atoms with Crippen LogP contribution in [0.2, 0.25) is 0 Å². The zero-order valence-corrected chi connectivity index (χ0v) is 20.7. The topological polar surface area (TPSA) is 42.3 Å². The van der Waals surface area contributed by atoms with Crippen molar-refractivity contribution in [2.75, 3.05) is 13.2 Å². The molecule has 172 valence electrons. The zero-order valence-electron chi connectivity index (χ0n) is 19.8. The summed E-state index contributed by atoms with van der Waals surface area (Å²) in [4.78, 5) is 7.03. The van der Waals surface area contributed by atoms with Crippen LogP contribution in [0, 0.1) is 27.7 Å². The van der Waals surface area contributed by atoms with Gasteiger partial charge in [0.05, 0.1) is 23.9 Å². The van der Waals surface area contributed by atoms with Gasteiger partial charge in [0.1, 0.15) is 0 Å². The molecule has 2 saturated heterocycles. The number of rotatable bonds is 5. The molecule has 0 amide bonds. The zero-order chi connectivity index (χ0) is 23.1. The van der Waals surface area contributed by atoms with Gasteiger partial charge in [-0.25, -0.2) is 0 Å². The van der Waals surface area contributed by atoms with Gasteiger partial charge in [0, 0.05) is 36.4 Å². The van der Waals surface area contributed by atoms with Gasteiger partial charge in [-0.05, 0) is 93.7 Å². The summed E-state index contributed by atoms with van der Waals surface area (Å²) in [6, 6.07) is 15.1. The second kappa shape index (κ2) is 8.92. The van der Waals surface area contributed by atoms with Crippen molar-refractivity contribution in [3.8, 4) is 5.69 Å². The van der Waals surface area contributed by atoms with Crippen LogP contribution in [0.15, 0.2) is 48.7 Å². The Morgan fingerprint density at radius 3 is 2.70 bits per heavy atom. The largest absolute Gasteiger partial charge is 0.376 e. The molecule has 0 radical (unpaired) electrons. The van der Waals surface area contributed by atoms with Crippen LogP contribution in [-0.4, -0.2) is 38.8 Å². The van der Waals surface area contributed by atoms with Crippen LogP contribution < -0.4 is 5.32 Å². The fourth-order valence-electron chi connectivity index (χ4n) is 5.37. The average Bonchev–Trinajstić information content (AvgIpc) is 3.50. The van der Waals surface area contributed by atoms with Gasteiger partial charge in [0.25, 0.3) is 0 Å². The Labute approximate surface area is 201 Å². The highest BCUT2D eigenvalue weighted by molar-refractivity contribution is 7.80. The summed E-state index contributed by atoms with van der Waals surface area (Å²) < 4.78 is 8.38. The molecule has 0 bridgehead atoms. The minimum Gasteiger partial charge on any atom is -0.376 e. The molecule has 2 aliphatic heterocycles. The molecule has 2 aliphatic rings. The summed E-state index contributed by atoms with van der Waals surface area (Å²) in [6.45, 7) is 10.4. The lowest BCUT2D eigenvalue weighted by Crippen LogP contribution is -2.36. The molecule has 0 unspecified atom stereocenters. The maximum atomic E-state index is 6.00. The second-order valence-corrected chi connectivity index (χ2v) is 9.75. The van der Waals surface area contributed by atoms with Crippen molar-refractivity contribution < 1.29 is 4.74 Å². The van der Waals surface area contributed by atoms with Gasteiger partial charge < -0.3 is 19.5 Å². The smallest absolute Gasteiger partial charge is 0.170 e. The number of ether oxygens (including phenoxy) is 1. The van der Waals surface area contributed by atoms with Gasteiger partial charge in [0.15, 0.2) is 5.11 Å². The van der Waals surface area contributed by atoms with Crippen molar-refractivity contribution in [1.82, 2.24) is 19.8 Å². The molecule has 5 nitrogen and oxygen atoms in total. The van der Waals surface area contributed by atoms with Crippen molar-refractivity contribution in [3.63, 3.8) is 0 Å². The SMILES string of the molecule is Cc1ccc(C)c(-n2c(C)cc([C@@H]3[C@H](c4ccccn4)NC(=S)N3C[C@@H]3CCCO3)c2C)c1. The lowest BCUT2D eigenvalue weighted by atomic mass is 9.96. The summed E-state index contributed by atoms with van der Waals surface area (Å²) in [5.41, 5.74) is 8.54. The summed E-state index contributed by atoms with van der Waals surface area (Å²) in [7, 11) is 0. The summed E-state index contributed by atoms with van der Waals surface area (Å²) in [6.07, 6.45) is 4.28. The Morgan fingerprint density at radius 2 is 1.97 bits per heavy atom. The van der Waals surface area contributed by atoms with E-state index in [1.807, 2.05) is 18.3 Å². The minimum atomic E-state index is -0.00680. The Balaban J connectivity index is 1.61. The molecule has 2 aromatic heterocycles. The third-order valence-electron chi connectivity index (χ3n) is 7.02. The average molecular weight is 461 g/mol. The van der Waals surface area contributed by atoms with Crippen LogP contribution in [0.3, 0.4) is 0 Å². The number of nitrogens with zero attached hydrogens (tertiary/aromatic N) is 3. The first-order chi connectivity index (χ1) is 15.9. The fourth-order valence-corrected chi connectivity index (χ4v) is 5.68. The number of pyridine rings is 1. The van der Waals surface area contributed by atoms with Gasteiger partial charge >= 0.3 is 0 Å². The molecule has 0 aliphatic carbocycles. The van der Waals surface area contributed by atoms with Crippen molar-refractivity contribution in [2.24, 2.45) is 0 Å². The maximum Gasteiger partial charge on any atom is 0.170 e. The minimum absolute atomic E-state index is 0.00680. The predicted molar refractivity (Wildman–Crippen MR) is 136 cm³/mol. The van der Waals surface area contributed by atoms with Gasteiger partial charge in [-0.2, -0.15) is 0 Å². The summed E-state index contributed by atoms with van der Waals surface area (Å²) in [5, 5.41) is 4.37. The Bertz CT molecular complexity index is 1170. The fraction of sp³-hybridized carbons (Fsp3) is 0.407. The maximum absolute atomic E-state index is 6.00. The molecule has 1 N–H and O–H groups in total. The van der Waals surface area contributed by atoms with Crippen LogP contribution in [0.4, 0.5) is 0 Å². The standard InChI is InChI=1S/C27H32N4OS/c1-17-10-11-18(2)24(14-17)31-19(3)15-22(20(31)4)26-25(23-9-5-6-12-28-23)29-27(33)30(26)16-21-8-7-13-32-21/h5-6,9-12,14-15,21,25-26H,7-8,13,16H2,1-4H3,(H,29,33)/t21-,25-,26+/m0/s1. The molecule has 0 spiro atoms. The molecule has 5 rings (SSSR count). The van der Waals surface area contributed by atoms with Crippen LogP contribution in [0.25, 0.3) is 5.69 Å². The molecule has 2 fully saturated rings. The third-order valence-corrected chi connectivity index (χ3v) is 7.37. The highest BCUT2D eigenvalue weighted by Crippen LogP contribution is 2.42. The highest BCUT2D eigenvalue weighted by Gasteiger charge is 2.42. The van der Waals surface area contributed by atoms with E-state index < -0.39 is 0 Å². The Morgan fingerprint density at radius 1 is 1.12 bits per heavy atom. The Kier molecular flexibility index (Phi) is 5.97. The molecule has 0 saturated carbocycles. The van der Waals surface area contributed by atoms with E-state index in [4.69, 9.17) is 21.9 Å². The molecule has 1 aromatic carbocycles. The molecule has 3 atom stereocenters. The normalized spacial score (nSPS) is 22.7. The van der Waals surface area contributed by atoms with Gasteiger partial charge in [-0.1, -0.05) is 18.2 Å². The molecular formula is C27H32N4OS. The lowest BCUT2D eigenvalue weighted by Gasteiger charge is -2.30. The highest BCUT2D eigenvalue weighted by atomic mass is 32.1. The molecule has 4 heterocycles. The summed E-state index contributed by atoms with van der Waals surface area (Å²) in [5.74, 6) is 0. The van der Waals surface area contributed by atoms with E-state index in [9.17, 15) is 0 Å². The summed E-state index contributed by atoms with van der Waals surface area (Å²) >= 11 is 5.87. The van der Waals surface area contributed by atoms with E-state index in [1.54, 1.807) is 0 Å². The van der Waals surface area contributed by atoms with E-state index in [1.165, 1.54) is 33.8 Å². The number of hydrogen-bond acceptors (Lipinski definition) is 3. The van der Waals surface area contributed by atoms with Crippen molar-refractivity contribution in [2.45, 2.75) is 58.7 Å². The van der Waals surface area contributed by atoms with E-state index in [-0.39, 0.29) is 18.2 Å². The first-order valence-corrected chi connectivity index (χ1v) is 12.2. The Hall–Kier alpha value is -2.70. The third kappa shape index (κ3) is 4.06. The molecular weight excluding hydrogens is 428 g/mol. The molecule has 6 heteroatoms. The molecule has 3 aromatic rings. The van der Waals surface area contributed by atoms with E-state index >= 15 is 0 Å². The quantitative estimate of drug-likeness (QED) is 0.526. The van der Waals surface area contributed by atoms with E-state index in [2.05, 4.69) is 72.8 Å². The predicted octanol–water partition coefficient (Wildman–Crippen LogP) is 5.26. The first kappa shape index (κ1) is 22.1. The van der Waals surface area contributed by atoms with E-state index in [0.717, 1.165) is 36.8 Å². The number of aromatic nitrogens is 2. The van der Waals surface area contributed by atoms with Crippen molar-refractivity contribution >= 4 is 17.3 Å². The van der Waals surface area contributed by atoms with Gasteiger partial charge in [-0.15, -0.1) is 0 Å². The number of nitrogens with one attached hydrogen (secondary N) is 1. The number of thiocarbonyl (C=S) groups is 1. The van der Waals surface area contributed by atoms with E-state index in [0.29, 0.717) is 0 Å². The van der Waals surface area contributed by atoms with Crippen molar-refractivity contribution in [3.05, 3.63) is 82.4 Å².